The molecule has 1 N–H and O–H groups in total. The standard InChI is InChI=1S/C15H21FN2O2/c1-17(2)9-12-8-13(19)10-18(12)15(20)7-11-5-3-4-6-14(11)16/h3-6,12-13,19H,7-10H2,1-2H3. The van der Waals surface area contributed by atoms with Gasteiger partial charge in [0.15, 0.2) is 0 Å². The van der Waals surface area contributed by atoms with Crippen LogP contribution in [-0.4, -0.2) is 60.1 Å². The van der Waals surface area contributed by atoms with E-state index in [-0.39, 0.29) is 24.2 Å². The van der Waals surface area contributed by atoms with E-state index >= 15 is 0 Å². The van der Waals surface area contributed by atoms with Crippen LogP contribution in [0.15, 0.2) is 24.3 Å². The largest absolute Gasteiger partial charge is 0.391 e. The number of likely N-dealkylation sites (N-methyl/N-ethyl adjacent to an activating group) is 1. The van der Waals surface area contributed by atoms with Crippen LogP contribution in [0.1, 0.15) is 12.0 Å². The summed E-state index contributed by atoms with van der Waals surface area (Å²) in [4.78, 5) is 16.0. The summed E-state index contributed by atoms with van der Waals surface area (Å²) in [6.07, 6.45) is 0.148. The van der Waals surface area contributed by atoms with Gasteiger partial charge < -0.3 is 14.9 Å². The normalized spacial score (nSPS) is 22.6. The van der Waals surface area contributed by atoms with Crippen molar-refractivity contribution in [3.05, 3.63) is 35.6 Å². The number of amides is 1. The van der Waals surface area contributed by atoms with E-state index in [9.17, 15) is 14.3 Å². The van der Waals surface area contributed by atoms with Gasteiger partial charge in [-0.25, -0.2) is 4.39 Å². The minimum Gasteiger partial charge on any atom is -0.391 e. The van der Waals surface area contributed by atoms with Crippen molar-refractivity contribution in [3.8, 4) is 0 Å². The van der Waals surface area contributed by atoms with Crippen molar-refractivity contribution in [1.29, 1.82) is 0 Å². The Morgan fingerprint density at radius 1 is 1.45 bits per heavy atom. The summed E-state index contributed by atoms with van der Waals surface area (Å²) in [6.45, 7) is 1.05. The third-order valence-electron chi connectivity index (χ3n) is 3.59. The maximum absolute atomic E-state index is 13.6. The van der Waals surface area contributed by atoms with Gasteiger partial charge in [-0.15, -0.1) is 0 Å². The highest BCUT2D eigenvalue weighted by Gasteiger charge is 2.34. The third-order valence-corrected chi connectivity index (χ3v) is 3.59. The van der Waals surface area contributed by atoms with Crippen LogP contribution in [0.4, 0.5) is 4.39 Å². The Labute approximate surface area is 118 Å². The Kier molecular flexibility index (Phi) is 4.73. The number of aliphatic hydroxyl groups excluding tert-OH is 1. The lowest BCUT2D eigenvalue weighted by atomic mass is 10.1. The summed E-state index contributed by atoms with van der Waals surface area (Å²) in [5.41, 5.74) is 0.405. The molecule has 4 nitrogen and oxygen atoms in total. The topological polar surface area (TPSA) is 43.8 Å². The highest BCUT2D eigenvalue weighted by Crippen LogP contribution is 2.20. The number of β-amino-alcohol motifs (C(OH)–C–C–N with tert-alkyl or cyclic N) is 1. The van der Waals surface area contributed by atoms with Gasteiger partial charge in [0.1, 0.15) is 5.82 Å². The molecule has 1 fully saturated rings. The van der Waals surface area contributed by atoms with E-state index in [2.05, 4.69) is 0 Å². The maximum atomic E-state index is 13.6. The van der Waals surface area contributed by atoms with Crippen LogP contribution >= 0.6 is 0 Å². The Morgan fingerprint density at radius 2 is 2.15 bits per heavy atom. The zero-order valence-corrected chi connectivity index (χ0v) is 11.9. The molecule has 1 saturated heterocycles. The predicted molar refractivity (Wildman–Crippen MR) is 74.8 cm³/mol. The highest BCUT2D eigenvalue weighted by molar-refractivity contribution is 5.79. The van der Waals surface area contributed by atoms with Crippen molar-refractivity contribution in [1.82, 2.24) is 9.80 Å². The van der Waals surface area contributed by atoms with E-state index < -0.39 is 6.10 Å². The summed E-state index contributed by atoms with van der Waals surface area (Å²) in [5.74, 6) is -0.483. The molecule has 1 aromatic rings. The lowest BCUT2D eigenvalue weighted by Crippen LogP contribution is -2.42. The Hall–Kier alpha value is -1.46. The summed E-state index contributed by atoms with van der Waals surface area (Å²) in [5, 5.41) is 9.77. The fourth-order valence-corrected chi connectivity index (χ4v) is 2.70. The zero-order chi connectivity index (χ0) is 14.7. The quantitative estimate of drug-likeness (QED) is 0.891. The maximum Gasteiger partial charge on any atom is 0.227 e. The molecule has 1 heterocycles. The van der Waals surface area contributed by atoms with E-state index in [0.29, 0.717) is 25.1 Å². The lowest BCUT2D eigenvalue weighted by molar-refractivity contribution is -0.131. The first-order valence-corrected chi connectivity index (χ1v) is 6.83. The van der Waals surface area contributed by atoms with Gasteiger partial charge in [0.25, 0.3) is 0 Å². The second kappa shape index (κ2) is 6.33. The second-order valence-corrected chi connectivity index (χ2v) is 5.62. The van der Waals surface area contributed by atoms with E-state index in [1.165, 1.54) is 6.07 Å². The summed E-state index contributed by atoms with van der Waals surface area (Å²) in [6, 6.07) is 6.32. The number of hydrogen-bond acceptors (Lipinski definition) is 3. The number of hydrogen-bond donors (Lipinski definition) is 1. The molecular formula is C15H21FN2O2. The Bertz CT molecular complexity index is 479. The number of carbonyl (C=O) groups is 1. The van der Waals surface area contributed by atoms with Crippen LogP contribution in [0, 0.1) is 5.82 Å². The number of halogens is 1. The van der Waals surface area contributed by atoms with Crippen molar-refractivity contribution >= 4 is 5.91 Å². The number of nitrogens with zero attached hydrogens (tertiary/aromatic N) is 2. The molecule has 0 aliphatic carbocycles. The highest BCUT2D eigenvalue weighted by atomic mass is 19.1. The van der Waals surface area contributed by atoms with Gasteiger partial charge >= 0.3 is 0 Å². The molecule has 110 valence electrons. The molecule has 0 aromatic heterocycles. The fourth-order valence-electron chi connectivity index (χ4n) is 2.70. The second-order valence-electron chi connectivity index (χ2n) is 5.62. The smallest absolute Gasteiger partial charge is 0.227 e. The van der Waals surface area contributed by atoms with Gasteiger partial charge in [-0.3, -0.25) is 4.79 Å². The van der Waals surface area contributed by atoms with Gasteiger partial charge in [0.05, 0.1) is 12.5 Å². The summed E-state index contributed by atoms with van der Waals surface area (Å²) in [7, 11) is 3.87. The van der Waals surface area contributed by atoms with Gasteiger partial charge in [0, 0.05) is 19.1 Å². The monoisotopic (exact) mass is 280 g/mol. The number of likely N-dealkylation sites (tertiary alicyclic amines) is 1. The van der Waals surface area contributed by atoms with Gasteiger partial charge in [-0.1, -0.05) is 18.2 Å². The van der Waals surface area contributed by atoms with Gasteiger partial charge in [-0.2, -0.15) is 0 Å². The molecule has 1 aliphatic heterocycles. The first-order chi connectivity index (χ1) is 9.47. The first-order valence-electron chi connectivity index (χ1n) is 6.83. The van der Waals surface area contributed by atoms with Crippen molar-refractivity contribution < 1.29 is 14.3 Å². The SMILES string of the molecule is CN(C)CC1CC(O)CN1C(=O)Cc1ccccc1F. The fraction of sp³-hybridized carbons (Fsp3) is 0.533. The molecule has 20 heavy (non-hydrogen) atoms. The number of aliphatic hydroxyl groups is 1. The molecule has 2 unspecified atom stereocenters. The molecule has 5 heteroatoms. The first kappa shape index (κ1) is 14.9. The molecule has 1 aliphatic rings. The van der Waals surface area contributed by atoms with Gasteiger partial charge in [0.2, 0.25) is 5.91 Å². The molecule has 2 atom stereocenters. The molecule has 0 bridgehead atoms. The van der Waals surface area contributed by atoms with Gasteiger partial charge in [-0.05, 0) is 32.1 Å². The van der Waals surface area contributed by atoms with Crippen LogP contribution in [0.3, 0.4) is 0 Å². The van der Waals surface area contributed by atoms with E-state index in [4.69, 9.17) is 0 Å². The minimum absolute atomic E-state index is 0.000673. The molecule has 0 spiro atoms. The molecule has 1 amide bonds. The molecule has 2 rings (SSSR count). The van der Waals surface area contributed by atoms with E-state index in [1.54, 1.807) is 23.1 Å². The average Bonchev–Trinajstić information content (AvgIpc) is 2.72. The van der Waals surface area contributed by atoms with Crippen molar-refractivity contribution in [2.75, 3.05) is 27.2 Å². The predicted octanol–water partition coefficient (Wildman–Crippen LogP) is 0.892. The van der Waals surface area contributed by atoms with E-state index in [1.807, 2.05) is 19.0 Å². The minimum atomic E-state index is -0.482. The molecule has 0 radical (unpaired) electrons. The van der Waals surface area contributed by atoms with Crippen LogP contribution in [0.2, 0.25) is 0 Å². The Morgan fingerprint density at radius 3 is 2.80 bits per heavy atom. The van der Waals surface area contributed by atoms with Crippen molar-refractivity contribution in [2.45, 2.75) is 25.0 Å². The number of rotatable bonds is 4. The summed E-state index contributed by atoms with van der Waals surface area (Å²) < 4.78 is 13.6. The van der Waals surface area contributed by atoms with Crippen LogP contribution in [0.25, 0.3) is 0 Å². The lowest BCUT2D eigenvalue weighted by Gasteiger charge is -2.27. The van der Waals surface area contributed by atoms with Crippen LogP contribution in [-0.2, 0) is 11.2 Å². The molecular weight excluding hydrogens is 259 g/mol. The zero-order valence-electron chi connectivity index (χ0n) is 11.9. The Balaban J connectivity index is 2.05. The molecule has 0 saturated carbocycles. The van der Waals surface area contributed by atoms with E-state index in [0.717, 1.165) is 0 Å². The summed E-state index contributed by atoms with van der Waals surface area (Å²) >= 11 is 0. The number of benzene rings is 1. The van der Waals surface area contributed by atoms with Crippen LogP contribution in [0.5, 0.6) is 0 Å². The number of carbonyl (C=O) groups excluding carboxylic acids is 1. The van der Waals surface area contributed by atoms with Crippen LogP contribution < -0.4 is 0 Å². The molecule has 1 aromatic carbocycles. The van der Waals surface area contributed by atoms with Crippen molar-refractivity contribution in [3.63, 3.8) is 0 Å². The average molecular weight is 280 g/mol. The van der Waals surface area contributed by atoms with Crippen molar-refractivity contribution in [2.24, 2.45) is 0 Å². The third kappa shape index (κ3) is 3.55.